The number of aromatic nitrogens is 3. The molecule has 1 saturated carbocycles. The fourth-order valence-electron chi connectivity index (χ4n) is 5.04. The van der Waals surface area contributed by atoms with Crippen molar-refractivity contribution in [2.24, 2.45) is 0 Å². The summed E-state index contributed by atoms with van der Waals surface area (Å²) in [4.78, 5) is 27.4. The number of aryl methyl sites for hydroxylation is 1. The van der Waals surface area contributed by atoms with Gasteiger partial charge in [0.05, 0.1) is 6.04 Å². The van der Waals surface area contributed by atoms with Crippen LogP contribution >= 0.6 is 0 Å². The first-order valence-corrected chi connectivity index (χ1v) is 11.2. The Balaban J connectivity index is 1.63. The Morgan fingerprint density at radius 3 is 2.63 bits per heavy atom. The monoisotopic (exact) mass is 420 g/mol. The van der Waals surface area contributed by atoms with Crippen LogP contribution in [0.5, 0.6) is 0 Å². The van der Waals surface area contributed by atoms with E-state index in [0.717, 1.165) is 64.0 Å². The zero-order chi connectivity index (χ0) is 21.3. The quantitative estimate of drug-likeness (QED) is 0.695. The Kier molecular flexibility index (Phi) is 6.20. The zero-order valence-electron chi connectivity index (χ0n) is 17.5. The van der Waals surface area contributed by atoms with E-state index in [1.165, 1.54) is 4.57 Å². The van der Waals surface area contributed by atoms with Gasteiger partial charge >= 0.3 is 0 Å². The molecule has 0 aromatic carbocycles. The predicted octanol–water partition coefficient (Wildman–Crippen LogP) is 4.43. The largest absolute Gasteiger partial charge is 0.340 e. The van der Waals surface area contributed by atoms with E-state index in [2.05, 4.69) is 12.0 Å². The van der Waals surface area contributed by atoms with Crippen LogP contribution in [0, 0.1) is 0 Å². The van der Waals surface area contributed by atoms with Crippen molar-refractivity contribution in [2.75, 3.05) is 6.54 Å². The highest BCUT2D eigenvalue weighted by atomic mass is 19.3. The molecule has 0 unspecified atom stereocenters. The molecule has 0 N–H and O–H groups in total. The molecule has 2 aromatic rings. The summed E-state index contributed by atoms with van der Waals surface area (Å²) in [6.45, 7) is 3.00. The first-order valence-electron chi connectivity index (χ1n) is 11.2. The highest BCUT2D eigenvalue weighted by Crippen LogP contribution is 2.32. The zero-order valence-corrected chi connectivity index (χ0v) is 17.5. The molecule has 0 spiro atoms. The summed E-state index contributed by atoms with van der Waals surface area (Å²) < 4.78 is 30.3. The van der Waals surface area contributed by atoms with Gasteiger partial charge < -0.3 is 4.90 Å². The maximum atomic E-state index is 13.6. The lowest BCUT2D eigenvalue weighted by atomic mass is 9.99. The molecule has 3 heterocycles. The lowest BCUT2D eigenvalue weighted by molar-refractivity contribution is -0.135. The standard InChI is InChI=1S/C22H30F2N4O2/c1-2-15-7-5-6-11-26(15)19(29)10-12-27-20(30)13-17(21(23)24)18-14-28(25-22(18)27)16-8-3-4-9-16/h13-16,21H,2-12H2,1H3/t15-/m0/s1. The van der Waals surface area contributed by atoms with Gasteiger partial charge in [0.1, 0.15) is 0 Å². The molecule has 1 saturated heterocycles. The first kappa shape index (κ1) is 21.0. The van der Waals surface area contributed by atoms with Crippen molar-refractivity contribution in [3.8, 4) is 0 Å². The molecule has 6 nitrogen and oxygen atoms in total. The maximum absolute atomic E-state index is 13.6. The van der Waals surface area contributed by atoms with Crippen LogP contribution in [-0.4, -0.2) is 37.7 Å². The van der Waals surface area contributed by atoms with Gasteiger partial charge in [0.15, 0.2) is 5.65 Å². The molecule has 2 aliphatic rings. The van der Waals surface area contributed by atoms with Crippen LogP contribution in [0.2, 0.25) is 0 Å². The summed E-state index contributed by atoms with van der Waals surface area (Å²) in [5.74, 6) is 0.0229. The molecule has 1 amide bonds. The van der Waals surface area contributed by atoms with Gasteiger partial charge in [0.25, 0.3) is 12.0 Å². The second kappa shape index (κ2) is 8.86. The third-order valence-electron chi connectivity index (χ3n) is 6.73. The van der Waals surface area contributed by atoms with Gasteiger partial charge in [-0.05, 0) is 38.5 Å². The molecule has 1 aliphatic heterocycles. The molecule has 8 heteroatoms. The van der Waals surface area contributed by atoms with Crippen LogP contribution in [0.4, 0.5) is 8.78 Å². The average molecular weight is 421 g/mol. The lowest BCUT2D eigenvalue weighted by Crippen LogP contribution is -2.43. The van der Waals surface area contributed by atoms with E-state index in [-0.39, 0.29) is 42.2 Å². The van der Waals surface area contributed by atoms with Gasteiger partial charge in [0, 0.05) is 48.8 Å². The van der Waals surface area contributed by atoms with Gasteiger partial charge in [-0.15, -0.1) is 0 Å². The van der Waals surface area contributed by atoms with Crippen molar-refractivity contribution in [1.82, 2.24) is 19.2 Å². The smallest absolute Gasteiger partial charge is 0.264 e. The molecule has 164 valence electrons. The number of likely N-dealkylation sites (tertiary alicyclic amines) is 1. The van der Waals surface area contributed by atoms with Crippen LogP contribution in [0.25, 0.3) is 11.0 Å². The van der Waals surface area contributed by atoms with Crippen molar-refractivity contribution in [2.45, 2.75) is 89.8 Å². The Hall–Kier alpha value is -2.25. The van der Waals surface area contributed by atoms with E-state index in [1.807, 2.05) is 4.90 Å². The highest BCUT2D eigenvalue weighted by Gasteiger charge is 2.26. The minimum atomic E-state index is -2.74. The number of pyridine rings is 1. The fourth-order valence-corrected chi connectivity index (χ4v) is 5.04. The fraction of sp³-hybridized carbons (Fsp3) is 0.682. The van der Waals surface area contributed by atoms with Crippen molar-refractivity contribution in [3.05, 3.63) is 28.2 Å². The number of hydrogen-bond donors (Lipinski definition) is 0. The summed E-state index contributed by atoms with van der Waals surface area (Å²) in [5, 5.41) is 4.85. The summed E-state index contributed by atoms with van der Waals surface area (Å²) in [5.41, 5.74) is -0.528. The number of carbonyl (C=O) groups excluding carboxylic acids is 1. The topological polar surface area (TPSA) is 60.1 Å². The third kappa shape index (κ3) is 4.01. The van der Waals surface area contributed by atoms with Crippen LogP contribution < -0.4 is 5.56 Å². The van der Waals surface area contributed by atoms with Crippen LogP contribution in [0.1, 0.15) is 82.7 Å². The van der Waals surface area contributed by atoms with Crippen molar-refractivity contribution in [3.63, 3.8) is 0 Å². The van der Waals surface area contributed by atoms with Crippen LogP contribution in [0.15, 0.2) is 17.1 Å². The van der Waals surface area contributed by atoms with Gasteiger partial charge in [-0.25, -0.2) is 8.78 Å². The molecule has 2 aromatic heterocycles. The lowest BCUT2D eigenvalue weighted by Gasteiger charge is -2.35. The Morgan fingerprint density at radius 2 is 1.93 bits per heavy atom. The predicted molar refractivity (Wildman–Crippen MR) is 111 cm³/mol. The van der Waals surface area contributed by atoms with E-state index in [1.54, 1.807) is 10.9 Å². The van der Waals surface area contributed by atoms with E-state index < -0.39 is 12.0 Å². The van der Waals surface area contributed by atoms with Gasteiger partial charge in [0.2, 0.25) is 5.91 Å². The summed E-state index contributed by atoms with van der Waals surface area (Å²) in [6.07, 6.45) is 7.29. The molecular formula is C22H30F2N4O2. The molecule has 0 bridgehead atoms. The van der Waals surface area contributed by atoms with Crippen molar-refractivity contribution >= 4 is 16.9 Å². The van der Waals surface area contributed by atoms with Gasteiger partial charge in [-0.3, -0.25) is 18.8 Å². The summed E-state index contributed by atoms with van der Waals surface area (Å²) in [7, 11) is 0. The molecule has 1 aliphatic carbocycles. The second-order valence-electron chi connectivity index (χ2n) is 8.57. The first-order chi connectivity index (χ1) is 14.5. The number of halogens is 2. The molecular weight excluding hydrogens is 390 g/mol. The van der Waals surface area contributed by atoms with Crippen LogP contribution in [0.3, 0.4) is 0 Å². The third-order valence-corrected chi connectivity index (χ3v) is 6.73. The average Bonchev–Trinajstić information content (AvgIpc) is 3.42. The molecule has 4 rings (SSSR count). The minimum Gasteiger partial charge on any atom is -0.340 e. The Labute approximate surface area is 174 Å². The number of rotatable bonds is 6. The van der Waals surface area contributed by atoms with Gasteiger partial charge in [-0.2, -0.15) is 5.10 Å². The normalized spacial score (nSPS) is 20.5. The van der Waals surface area contributed by atoms with E-state index in [4.69, 9.17) is 0 Å². The number of carbonyl (C=O) groups is 1. The second-order valence-corrected chi connectivity index (χ2v) is 8.57. The van der Waals surface area contributed by atoms with Gasteiger partial charge in [-0.1, -0.05) is 19.8 Å². The van der Waals surface area contributed by atoms with E-state index >= 15 is 0 Å². The van der Waals surface area contributed by atoms with E-state index in [0.29, 0.717) is 5.39 Å². The Morgan fingerprint density at radius 1 is 1.20 bits per heavy atom. The molecule has 1 atom stereocenters. The number of fused-ring (bicyclic) bond motifs is 1. The van der Waals surface area contributed by atoms with E-state index in [9.17, 15) is 18.4 Å². The van der Waals surface area contributed by atoms with Crippen LogP contribution in [-0.2, 0) is 11.3 Å². The van der Waals surface area contributed by atoms with Crippen molar-refractivity contribution < 1.29 is 13.6 Å². The number of alkyl halides is 2. The number of piperidine rings is 1. The number of nitrogens with zero attached hydrogens (tertiary/aromatic N) is 4. The Bertz CT molecular complexity index is 962. The number of amides is 1. The molecule has 30 heavy (non-hydrogen) atoms. The minimum absolute atomic E-state index is 0.0229. The number of hydrogen-bond acceptors (Lipinski definition) is 3. The SMILES string of the molecule is CC[C@H]1CCCCN1C(=O)CCn1c(=O)cc(C(F)F)c2cn(C3CCCC3)nc21. The van der Waals surface area contributed by atoms with Crippen molar-refractivity contribution in [1.29, 1.82) is 0 Å². The maximum Gasteiger partial charge on any atom is 0.264 e. The molecule has 2 fully saturated rings. The summed E-state index contributed by atoms with van der Waals surface area (Å²) >= 11 is 0. The molecule has 0 radical (unpaired) electrons. The summed E-state index contributed by atoms with van der Waals surface area (Å²) in [6, 6.07) is 1.45. The highest BCUT2D eigenvalue weighted by molar-refractivity contribution is 5.80.